The van der Waals surface area contributed by atoms with Crippen LogP contribution in [0.15, 0.2) is 60.9 Å². The first-order chi connectivity index (χ1) is 16.0. The van der Waals surface area contributed by atoms with Gasteiger partial charge in [0.2, 0.25) is 5.75 Å². The lowest BCUT2D eigenvalue weighted by molar-refractivity contribution is -0.00745. The van der Waals surface area contributed by atoms with Crippen molar-refractivity contribution in [1.29, 1.82) is 0 Å². The van der Waals surface area contributed by atoms with Gasteiger partial charge in [-0.1, -0.05) is 0 Å². The fourth-order valence-electron chi connectivity index (χ4n) is 4.72. The van der Waals surface area contributed by atoms with Gasteiger partial charge in [-0.25, -0.2) is 0 Å². The highest BCUT2D eigenvalue weighted by atomic mass is 16.5. The maximum atomic E-state index is 13.1. The summed E-state index contributed by atoms with van der Waals surface area (Å²) in [6, 6.07) is 15.0. The summed E-state index contributed by atoms with van der Waals surface area (Å²) in [5, 5.41) is 0. The fourth-order valence-corrected chi connectivity index (χ4v) is 4.72. The maximum absolute atomic E-state index is 13.1. The van der Waals surface area contributed by atoms with E-state index in [0.717, 1.165) is 5.69 Å². The van der Waals surface area contributed by atoms with E-state index in [9.17, 15) is 9.59 Å². The minimum Gasteiger partial charge on any atom is -0.493 e. The molecule has 5 rings (SSSR count). The first-order valence-corrected chi connectivity index (χ1v) is 11.0. The van der Waals surface area contributed by atoms with Gasteiger partial charge >= 0.3 is 0 Å². The molecule has 3 aromatic rings. The Kier molecular flexibility index (Phi) is 5.32. The molecule has 1 saturated heterocycles. The normalized spacial score (nSPS) is 16.8. The molecule has 7 nitrogen and oxygen atoms in total. The molecular weight excluding hydrogens is 420 g/mol. The second-order valence-electron chi connectivity index (χ2n) is 8.49. The minimum atomic E-state index is -0.640. The zero-order valence-corrected chi connectivity index (χ0v) is 18.7. The number of likely N-dealkylation sites (tertiary alicyclic amines) is 1. The number of hydrogen-bond acceptors (Lipinski definition) is 5. The van der Waals surface area contributed by atoms with Gasteiger partial charge in [-0.15, -0.1) is 0 Å². The van der Waals surface area contributed by atoms with Crippen molar-refractivity contribution in [3.05, 3.63) is 72.1 Å². The van der Waals surface area contributed by atoms with Crippen LogP contribution in [0.4, 0.5) is 0 Å². The van der Waals surface area contributed by atoms with Crippen LogP contribution in [0.25, 0.3) is 5.69 Å². The first-order valence-electron chi connectivity index (χ1n) is 11.0. The van der Waals surface area contributed by atoms with E-state index in [4.69, 9.17) is 14.2 Å². The number of ether oxygens (including phenoxy) is 3. The number of amides is 1. The van der Waals surface area contributed by atoms with E-state index >= 15 is 0 Å². The molecule has 0 radical (unpaired) electrons. The molecule has 7 heteroatoms. The van der Waals surface area contributed by atoms with Crippen molar-refractivity contribution in [1.82, 2.24) is 9.47 Å². The van der Waals surface area contributed by atoms with Crippen molar-refractivity contribution < 1.29 is 23.8 Å². The van der Waals surface area contributed by atoms with E-state index in [2.05, 4.69) is 0 Å². The van der Waals surface area contributed by atoms with Crippen molar-refractivity contribution in [2.75, 3.05) is 27.3 Å². The number of piperidine rings is 1. The number of Topliss-reactive ketones (excluding diaryl/α,β-unsaturated/α-hetero) is 1. The molecule has 0 saturated carbocycles. The molecule has 1 aromatic heterocycles. The van der Waals surface area contributed by atoms with Gasteiger partial charge in [-0.2, -0.15) is 0 Å². The standard InChI is InChI=1S/C26H26N2O5/c1-31-22-10-9-20-21(29)17-26(33-23(20)24(22)32-2)11-15-28(16-12-26)25(30)18-5-7-19(8-6-18)27-13-3-4-14-27/h3-10,13-14H,11-12,15-17H2,1-2H3. The first kappa shape index (κ1) is 21.1. The summed E-state index contributed by atoms with van der Waals surface area (Å²) in [5.74, 6) is 1.41. The van der Waals surface area contributed by atoms with Gasteiger partial charge in [-0.05, 0) is 48.5 Å². The van der Waals surface area contributed by atoms with Crippen LogP contribution in [-0.2, 0) is 0 Å². The number of carbonyl (C=O) groups excluding carboxylic acids is 2. The summed E-state index contributed by atoms with van der Waals surface area (Å²) in [5.41, 5.74) is 1.53. The molecule has 1 fully saturated rings. The average molecular weight is 447 g/mol. The van der Waals surface area contributed by atoms with Crippen LogP contribution in [0.5, 0.6) is 17.2 Å². The van der Waals surface area contributed by atoms with Crippen molar-refractivity contribution in [2.24, 2.45) is 0 Å². The Morgan fingerprint density at radius 3 is 2.30 bits per heavy atom. The molecule has 0 unspecified atom stereocenters. The van der Waals surface area contributed by atoms with Crippen molar-refractivity contribution in [2.45, 2.75) is 24.9 Å². The zero-order chi connectivity index (χ0) is 23.0. The summed E-state index contributed by atoms with van der Waals surface area (Å²) in [6.45, 7) is 1.04. The molecule has 0 N–H and O–H groups in total. The molecule has 33 heavy (non-hydrogen) atoms. The highest BCUT2D eigenvalue weighted by Crippen LogP contribution is 2.47. The van der Waals surface area contributed by atoms with Gasteiger partial charge in [-0.3, -0.25) is 9.59 Å². The number of ketones is 1. The molecule has 2 aliphatic rings. The van der Waals surface area contributed by atoms with E-state index < -0.39 is 5.60 Å². The van der Waals surface area contributed by atoms with E-state index in [1.165, 1.54) is 7.11 Å². The van der Waals surface area contributed by atoms with E-state index in [1.54, 1.807) is 19.2 Å². The predicted octanol–water partition coefficient (Wildman–Crippen LogP) is 4.13. The monoisotopic (exact) mass is 446 g/mol. The zero-order valence-electron chi connectivity index (χ0n) is 18.7. The van der Waals surface area contributed by atoms with Crippen LogP contribution >= 0.6 is 0 Å². The number of hydrogen-bond donors (Lipinski definition) is 0. The van der Waals surface area contributed by atoms with Crippen LogP contribution in [0.1, 0.15) is 40.0 Å². The SMILES string of the molecule is COc1ccc2c(c1OC)OC1(CCN(C(=O)c3ccc(-n4cccc4)cc3)CC1)CC2=O. The van der Waals surface area contributed by atoms with Gasteiger partial charge in [0.05, 0.1) is 26.2 Å². The summed E-state index contributed by atoms with van der Waals surface area (Å²) >= 11 is 0. The van der Waals surface area contributed by atoms with Gasteiger partial charge in [0.15, 0.2) is 17.3 Å². The molecule has 1 amide bonds. The summed E-state index contributed by atoms with van der Waals surface area (Å²) in [4.78, 5) is 27.9. The topological polar surface area (TPSA) is 70.0 Å². The lowest BCUT2D eigenvalue weighted by Gasteiger charge is -2.44. The fraction of sp³-hybridized carbons (Fsp3) is 0.308. The van der Waals surface area contributed by atoms with E-state index in [-0.39, 0.29) is 11.7 Å². The number of aromatic nitrogens is 1. The van der Waals surface area contributed by atoms with Gasteiger partial charge in [0.25, 0.3) is 5.91 Å². The van der Waals surface area contributed by atoms with Crippen molar-refractivity contribution in [3.8, 4) is 22.9 Å². The van der Waals surface area contributed by atoms with Gasteiger partial charge < -0.3 is 23.7 Å². The molecule has 0 bridgehead atoms. The second-order valence-corrected chi connectivity index (χ2v) is 8.49. The number of rotatable bonds is 4. The van der Waals surface area contributed by atoms with Crippen LogP contribution in [0.3, 0.4) is 0 Å². The molecule has 3 heterocycles. The largest absolute Gasteiger partial charge is 0.493 e. The predicted molar refractivity (Wildman–Crippen MR) is 123 cm³/mol. The average Bonchev–Trinajstić information content (AvgIpc) is 3.38. The van der Waals surface area contributed by atoms with E-state index in [0.29, 0.717) is 60.7 Å². The van der Waals surface area contributed by atoms with Gasteiger partial charge in [0.1, 0.15) is 5.60 Å². The van der Waals surface area contributed by atoms with Crippen LogP contribution < -0.4 is 14.2 Å². The summed E-state index contributed by atoms with van der Waals surface area (Å²) in [7, 11) is 3.09. The third kappa shape index (κ3) is 3.73. The molecule has 0 atom stereocenters. The number of methoxy groups -OCH3 is 2. The molecule has 2 aliphatic heterocycles. The third-order valence-corrected chi connectivity index (χ3v) is 6.58. The van der Waals surface area contributed by atoms with Crippen LogP contribution in [0, 0.1) is 0 Å². The van der Waals surface area contributed by atoms with Crippen LogP contribution in [0.2, 0.25) is 0 Å². The quantitative estimate of drug-likeness (QED) is 0.603. The molecule has 170 valence electrons. The number of benzene rings is 2. The maximum Gasteiger partial charge on any atom is 0.253 e. The Morgan fingerprint density at radius 2 is 1.67 bits per heavy atom. The lowest BCUT2D eigenvalue weighted by atomic mass is 9.82. The molecular formula is C26H26N2O5. The van der Waals surface area contributed by atoms with Crippen molar-refractivity contribution >= 4 is 11.7 Å². The Balaban J connectivity index is 1.31. The second kappa shape index (κ2) is 8.31. The summed E-state index contributed by atoms with van der Waals surface area (Å²) < 4.78 is 19.3. The molecule has 1 spiro atoms. The Labute approximate surface area is 192 Å². The number of nitrogens with zero attached hydrogens (tertiary/aromatic N) is 2. The summed E-state index contributed by atoms with van der Waals surface area (Å²) in [6.07, 6.45) is 5.38. The van der Waals surface area contributed by atoms with Crippen molar-refractivity contribution in [3.63, 3.8) is 0 Å². The Hall–Kier alpha value is -3.74. The van der Waals surface area contributed by atoms with Gasteiger partial charge in [0, 0.05) is 49.6 Å². The number of carbonyl (C=O) groups is 2. The molecule has 2 aromatic carbocycles. The molecule has 0 aliphatic carbocycles. The van der Waals surface area contributed by atoms with E-state index in [1.807, 2.05) is 58.3 Å². The number of fused-ring (bicyclic) bond motifs is 1. The third-order valence-electron chi connectivity index (χ3n) is 6.58. The highest BCUT2D eigenvalue weighted by Gasteiger charge is 2.45. The Bertz CT molecular complexity index is 1180. The van der Waals surface area contributed by atoms with Crippen LogP contribution in [-0.4, -0.2) is 54.1 Å². The lowest BCUT2D eigenvalue weighted by Crippen LogP contribution is -2.52. The highest BCUT2D eigenvalue weighted by molar-refractivity contribution is 6.01. The smallest absolute Gasteiger partial charge is 0.253 e. The Morgan fingerprint density at radius 1 is 0.970 bits per heavy atom. The minimum absolute atomic E-state index is 0.00862.